The Hall–Kier alpha value is -2.38. The van der Waals surface area contributed by atoms with Crippen LogP contribution in [0, 0.1) is 0 Å². The molecule has 16 heteroatoms. The molecule has 0 aliphatic carbocycles. The van der Waals surface area contributed by atoms with Crippen LogP contribution in [-0.2, 0) is 52.3 Å². The Morgan fingerprint density at radius 2 is 1.60 bits per heavy atom. The number of H-pyrrole nitrogens is 1. The number of nitrogens with one attached hydrogen (secondary N) is 1. The number of fused-ring (bicyclic) bond motifs is 1. The van der Waals surface area contributed by atoms with Crippen LogP contribution >= 0.6 is 22.6 Å². The molecule has 3 aliphatic rings. The molecule has 0 saturated carbocycles. The summed E-state index contributed by atoms with van der Waals surface area (Å²) in [5.41, 5.74) is -1.23. The first-order valence-corrected chi connectivity index (χ1v) is 13.7. The van der Waals surface area contributed by atoms with Gasteiger partial charge < -0.3 is 37.9 Å². The number of hydrogen-bond acceptors (Lipinski definition) is 13. The minimum absolute atomic E-state index is 0.106. The number of hydrogen-bond donors (Lipinski definition) is 1. The molecule has 1 aromatic heterocycles. The average Bonchev–Trinajstić information content (AvgIpc) is 3.32. The van der Waals surface area contributed by atoms with Gasteiger partial charge in [0, 0.05) is 33.0 Å². The molecule has 1 N–H and O–H groups in total. The van der Waals surface area contributed by atoms with Crippen LogP contribution < -0.4 is 11.2 Å². The van der Waals surface area contributed by atoms with Crippen LogP contribution in [0.5, 0.6) is 0 Å². The summed E-state index contributed by atoms with van der Waals surface area (Å²) in [4.78, 5) is 61.4. The number of aromatic amines is 1. The maximum Gasteiger partial charge on any atom is 0.330 e. The Morgan fingerprint density at radius 3 is 2.23 bits per heavy atom. The highest BCUT2D eigenvalue weighted by Gasteiger charge is 2.57. The van der Waals surface area contributed by atoms with Gasteiger partial charge in [0.1, 0.15) is 34.9 Å². The third-order valence-corrected chi connectivity index (χ3v) is 7.60. The molecule has 0 bridgehead atoms. The van der Waals surface area contributed by atoms with Crippen molar-refractivity contribution in [3.63, 3.8) is 0 Å². The fourth-order valence-corrected chi connectivity index (χ4v) is 5.76. The summed E-state index contributed by atoms with van der Waals surface area (Å²) < 4.78 is 46.8. The number of alkyl halides is 1. The summed E-state index contributed by atoms with van der Waals surface area (Å²) in [6, 6.07) is 1.19. The van der Waals surface area contributed by atoms with Gasteiger partial charge in [-0.15, -0.1) is 0 Å². The van der Waals surface area contributed by atoms with Gasteiger partial charge in [0.2, 0.25) is 0 Å². The largest absolute Gasteiger partial charge is 0.463 e. The van der Waals surface area contributed by atoms with Gasteiger partial charge in [-0.1, -0.05) is 22.6 Å². The van der Waals surface area contributed by atoms with E-state index in [4.69, 9.17) is 37.9 Å². The van der Waals surface area contributed by atoms with E-state index in [2.05, 4.69) is 4.98 Å². The van der Waals surface area contributed by atoms with E-state index in [0.29, 0.717) is 0 Å². The second kappa shape index (κ2) is 12.2. The summed E-state index contributed by atoms with van der Waals surface area (Å²) in [7, 11) is 0. The number of halogens is 1. The molecule has 0 spiro atoms. The summed E-state index contributed by atoms with van der Waals surface area (Å²) in [6.45, 7) is 6.67. The van der Waals surface area contributed by atoms with Crippen LogP contribution in [0.1, 0.15) is 40.8 Å². The van der Waals surface area contributed by atoms with Gasteiger partial charge >= 0.3 is 23.6 Å². The van der Waals surface area contributed by atoms with Gasteiger partial charge in [-0.05, 0) is 13.8 Å². The highest BCUT2D eigenvalue weighted by Crippen LogP contribution is 2.43. The van der Waals surface area contributed by atoms with Crippen LogP contribution in [0.3, 0.4) is 0 Å². The molecule has 0 amide bonds. The molecule has 3 fully saturated rings. The second-order valence-electron chi connectivity index (χ2n) is 9.92. The van der Waals surface area contributed by atoms with Crippen molar-refractivity contribution in [1.29, 1.82) is 0 Å². The lowest BCUT2D eigenvalue weighted by molar-refractivity contribution is -0.269. The Bertz CT molecular complexity index is 1230. The molecule has 0 unspecified atom stereocenters. The van der Waals surface area contributed by atoms with Crippen molar-refractivity contribution in [2.24, 2.45) is 0 Å². The minimum atomic E-state index is -1.07. The standard InChI is InChI=1S/C24H31IN2O13/c1-10(28)33-8-13-17(35-11(2)29)19(36-12(3)30)16(25)22(38-13)34-9-14-18-20(40-24(4,5)39-18)21(37-14)27-7-6-15(31)26-23(27)32/h6-7,13-14,16-22H,8-9H2,1-5H3,(H,26,31,32)/t13-,14-,16+,17-,18-,19-,20-,21-,22+/m1/s1. The Balaban J connectivity index is 1.54. The lowest BCUT2D eigenvalue weighted by atomic mass is 10.0. The number of carbonyl (C=O) groups is 3. The number of ether oxygens (including phenoxy) is 8. The van der Waals surface area contributed by atoms with Gasteiger partial charge in [-0.3, -0.25) is 28.7 Å². The third kappa shape index (κ3) is 6.91. The van der Waals surface area contributed by atoms with Crippen molar-refractivity contribution in [2.45, 2.75) is 93.5 Å². The van der Waals surface area contributed by atoms with Crippen LogP contribution in [0.4, 0.5) is 0 Å². The lowest BCUT2D eigenvalue weighted by Gasteiger charge is -2.43. The van der Waals surface area contributed by atoms with Crippen molar-refractivity contribution in [1.82, 2.24) is 9.55 Å². The Labute approximate surface area is 241 Å². The van der Waals surface area contributed by atoms with Crippen molar-refractivity contribution < 1.29 is 52.3 Å². The predicted molar refractivity (Wildman–Crippen MR) is 139 cm³/mol. The van der Waals surface area contributed by atoms with Crippen LogP contribution in [-0.4, -0.2) is 93.3 Å². The molecule has 3 aliphatic heterocycles. The molecule has 40 heavy (non-hydrogen) atoms. The van der Waals surface area contributed by atoms with Gasteiger partial charge in [0.05, 0.1) is 6.61 Å². The molecule has 9 atom stereocenters. The molecule has 1 aromatic rings. The van der Waals surface area contributed by atoms with Crippen LogP contribution in [0.25, 0.3) is 0 Å². The van der Waals surface area contributed by atoms with E-state index in [1.165, 1.54) is 37.6 Å². The van der Waals surface area contributed by atoms with Gasteiger partial charge in [-0.25, -0.2) is 4.79 Å². The molecule has 15 nitrogen and oxygen atoms in total. The van der Waals surface area contributed by atoms with Gasteiger partial charge in [0.15, 0.2) is 30.5 Å². The minimum Gasteiger partial charge on any atom is -0.463 e. The summed E-state index contributed by atoms with van der Waals surface area (Å²) in [5.74, 6) is -2.83. The van der Waals surface area contributed by atoms with E-state index in [1.807, 2.05) is 22.6 Å². The van der Waals surface area contributed by atoms with Crippen molar-refractivity contribution in [3.05, 3.63) is 33.1 Å². The molecule has 222 valence electrons. The molecule has 3 saturated heterocycles. The monoisotopic (exact) mass is 682 g/mol. The van der Waals surface area contributed by atoms with E-state index < -0.39 is 88.0 Å². The number of rotatable bonds is 8. The zero-order valence-electron chi connectivity index (χ0n) is 22.4. The fraction of sp³-hybridized carbons (Fsp3) is 0.708. The van der Waals surface area contributed by atoms with Crippen molar-refractivity contribution in [2.75, 3.05) is 13.2 Å². The highest BCUT2D eigenvalue weighted by molar-refractivity contribution is 14.1. The number of esters is 3. The topological polar surface area (TPSA) is 180 Å². The highest BCUT2D eigenvalue weighted by atomic mass is 127. The van der Waals surface area contributed by atoms with E-state index in [-0.39, 0.29) is 13.2 Å². The predicted octanol–water partition coefficient (Wildman–Crippen LogP) is -0.0743. The summed E-state index contributed by atoms with van der Waals surface area (Å²) in [5, 5.41) is 0. The molecular weight excluding hydrogens is 651 g/mol. The summed E-state index contributed by atoms with van der Waals surface area (Å²) >= 11 is 1.97. The van der Waals surface area contributed by atoms with E-state index in [1.54, 1.807) is 13.8 Å². The number of nitrogens with zero attached hydrogens (tertiary/aromatic N) is 1. The second-order valence-corrected chi connectivity index (χ2v) is 11.4. The normalized spacial score (nSPS) is 34.6. The van der Waals surface area contributed by atoms with Crippen LogP contribution in [0.2, 0.25) is 0 Å². The zero-order valence-corrected chi connectivity index (χ0v) is 24.6. The first-order chi connectivity index (χ1) is 18.8. The van der Waals surface area contributed by atoms with Gasteiger partial charge in [-0.2, -0.15) is 0 Å². The van der Waals surface area contributed by atoms with Crippen molar-refractivity contribution >= 4 is 40.5 Å². The first kappa shape index (κ1) is 30.6. The quantitative estimate of drug-likeness (QED) is 0.167. The Kier molecular flexibility index (Phi) is 9.35. The fourth-order valence-electron chi connectivity index (χ4n) is 4.83. The Morgan fingerprint density at radius 1 is 0.950 bits per heavy atom. The number of carbonyl (C=O) groups excluding carboxylic acids is 3. The molecule has 4 rings (SSSR count). The molecule has 0 radical (unpaired) electrons. The van der Waals surface area contributed by atoms with Crippen LogP contribution in [0.15, 0.2) is 21.9 Å². The van der Waals surface area contributed by atoms with E-state index in [9.17, 15) is 24.0 Å². The molecule has 0 aromatic carbocycles. The van der Waals surface area contributed by atoms with E-state index in [0.717, 1.165) is 0 Å². The lowest BCUT2D eigenvalue weighted by Crippen LogP contribution is -2.60. The smallest absolute Gasteiger partial charge is 0.330 e. The SMILES string of the molecule is CC(=O)OC[C@H]1O[C@H](OC[C@H]2O[C@@H](n3ccc(=O)[nH]c3=O)[C@@H]3OC(C)(C)O[C@@H]32)[C@@H](I)[C@@H](OC(C)=O)[C@@H]1OC(C)=O. The average molecular weight is 682 g/mol. The third-order valence-electron chi connectivity index (χ3n) is 6.30. The number of aromatic nitrogens is 2. The van der Waals surface area contributed by atoms with Crippen molar-refractivity contribution in [3.8, 4) is 0 Å². The molecule has 4 heterocycles. The maximum absolute atomic E-state index is 12.5. The van der Waals surface area contributed by atoms with E-state index >= 15 is 0 Å². The molecular formula is C24H31IN2O13. The van der Waals surface area contributed by atoms with Gasteiger partial charge in [0.25, 0.3) is 5.56 Å². The summed E-state index contributed by atoms with van der Waals surface area (Å²) in [6.07, 6.45) is -5.80. The first-order valence-electron chi connectivity index (χ1n) is 12.5. The maximum atomic E-state index is 12.5. The zero-order chi connectivity index (χ0) is 29.4.